The van der Waals surface area contributed by atoms with E-state index in [2.05, 4.69) is 10.8 Å². The zero-order chi connectivity index (χ0) is 20.1. The van der Waals surface area contributed by atoms with Crippen LogP contribution in [0.25, 0.3) is 0 Å². The Morgan fingerprint density at radius 3 is 2.46 bits per heavy atom. The first-order valence-electron chi connectivity index (χ1n) is 9.54. The Hall–Kier alpha value is -2.11. The summed E-state index contributed by atoms with van der Waals surface area (Å²) in [5.74, 6) is 2.69. The van der Waals surface area contributed by atoms with Gasteiger partial charge in [0.15, 0.2) is 9.84 Å². The molecule has 0 radical (unpaired) electrons. The number of nitrogens with zero attached hydrogens (tertiary/aromatic N) is 3. The quantitative estimate of drug-likeness (QED) is 0.658. The molecule has 0 N–H and O–H groups in total. The Kier molecular flexibility index (Phi) is 6.57. The lowest BCUT2D eigenvalue weighted by atomic mass is 10.2. The maximum atomic E-state index is 13.1. The van der Waals surface area contributed by atoms with Crippen LogP contribution in [-0.4, -0.2) is 80.9 Å². The largest absolute Gasteiger partial charge is 0.368 e. The van der Waals surface area contributed by atoms with Gasteiger partial charge in [-0.15, -0.1) is 6.42 Å². The third-order valence-corrected chi connectivity index (χ3v) is 7.21. The summed E-state index contributed by atoms with van der Waals surface area (Å²) in [6.07, 6.45) is 6.33. The molecule has 1 aromatic carbocycles. The molecule has 0 aliphatic carbocycles. The molecule has 3 rings (SSSR count). The van der Waals surface area contributed by atoms with E-state index < -0.39 is 9.84 Å². The van der Waals surface area contributed by atoms with Crippen molar-refractivity contribution in [1.29, 1.82) is 0 Å². The van der Waals surface area contributed by atoms with Gasteiger partial charge in [-0.2, -0.15) is 0 Å². The summed E-state index contributed by atoms with van der Waals surface area (Å²) in [7, 11) is -2.99. The first-order valence-corrected chi connectivity index (χ1v) is 11.4. The summed E-state index contributed by atoms with van der Waals surface area (Å²) in [5.41, 5.74) is 0.955. The van der Waals surface area contributed by atoms with Crippen molar-refractivity contribution in [3.8, 4) is 12.3 Å². The second-order valence-corrected chi connectivity index (χ2v) is 9.55. The van der Waals surface area contributed by atoms with E-state index in [1.807, 2.05) is 9.80 Å². The molecule has 1 amide bonds. The van der Waals surface area contributed by atoms with E-state index in [9.17, 15) is 17.6 Å². The first-order chi connectivity index (χ1) is 13.4. The first kappa shape index (κ1) is 20.6. The molecule has 8 heteroatoms. The topological polar surface area (TPSA) is 60.9 Å². The monoisotopic (exact) mass is 407 g/mol. The summed E-state index contributed by atoms with van der Waals surface area (Å²) in [6.45, 7) is 3.46. The molecule has 0 bridgehead atoms. The molecule has 2 fully saturated rings. The van der Waals surface area contributed by atoms with Crippen LogP contribution in [0.3, 0.4) is 0 Å². The van der Waals surface area contributed by atoms with Gasteiger partial charge in [0.2, 0.25) is 5.91 Å². The van der Waals surface area contributed by atoms with Crippen molar-refractivity contribution in [2.24, 2.45) is 0 Å². The van der Waals surface area contributed by atoms with Crippen molar-refractivity contribution in [1.82, 2.24) is 9.80 Å². The number of hydrogen-bond acceptors (Lipinski definition) is 5. The Morgan fingerprint density at radius 2 is 1.89 bits per heavy atom. The Morgan fingerprint density at radius 1 is 1.21 bits per heavy atom. The number of amides is 1. The van der Waals surface area contributed by atoms with E-state index in [1.54, 1.807) is 12.1 Å². The Balaban J connectivity index is 1.48. The Bertz CT molecular complexity index is 827. The van der Waals surface area contributed by atoms with Crippen molar-refractivity contribution >= 4 is 21.4 Å². The number of piperazine rings is 1. The van der Waals surface area contributed by atoms with E-state index in [-0.39, 0.29) is 29.3 Å². The molecule has 2 heterocycles. The van der Waals surface area contributed by atoms with Crippen LogP contribution >= 0.6 is 0 Å². The Labute approximate surface area is 166 Å². The van der Waals surface area contributed by atoms with Crippen LogP contribution in [0.2, 0.25) is 0 Å². The molecule has 1 unspecified atom stereocenters. The highest BCUT2D eigenvalue weighted by molar-refractivity contribution is 7.91. The van der Waals surface area contributed by atoms with Crippen LogP contribution < -0.4 is 4.90 Å². The summed E-state index contributed by atoms with van der Waals surface area (Å²) >= 11 is 0. The van der Waals surface area contributed by atoms with Crippen molar-refractivity contribution < 1.29 is 17.6 Å². The van der Waals surface area contributed by atoms with Gasteiger partial charge in [0.1, 0.15) is 5.82 Å². The minimum absolute atomic E-state index is 0.0571. The van der Waals surface area contributed by atoms with E-state index >= 15 is 0 Å². The van der Waals surface area contributed by atoms with Crippen molar-refractivity contribution in [2.75, 3.05) is 55.7 Å². The highest BCUT2D eigenvalue weighted by Gasteiger charge is 2.32. The fourth-order valence-electron chi connectivity index (χ4n) is 3.83. The maximum Gasteiger partial charge on any atom is 0.223 e. The summed E-state index contributed by atoms with van der Waals surface area (Å²) in [5, 5.41) is 0. The van der Waals surface area contributed by atoms with Crippen LogP contribution in [0.15, 0.2) is 24.3 Å². The third kappa shape index (κ3) is 5.24. The normalized spacial score (nSPS) is 21.7. The van der Waals surface area contributed by atoms with Crippen LogP contribution in [-0.2, 0) is 14.6 Å². The smallest absolute Gasteiger partial charge is 0.223 e. The summed E-state index contributed by atoms with van der Waals surface area (Å²) < 4.78 is 36.5. The van der Waals surface area contributed by atoms with Crippen LogP contribution in [0.4, 0.5) is 10.1 Å². The van der Waals surface area contributed by atoms with E-state index in [0.717, 1.165) is 5.69 Å². The zero-order valence-electron chi connectivity index (χ0n) is 15.9. The molecule has 152 valence electrons. The molecule has 2 saturated heterocycles. The minimum Gasteiger partial charge on any atom is -0.368 e. The fourth-order valence-corrected chi connectivity index (χ4v) is 5.60. The number of benzene rings is 1. The van der Waals surface area contributed by atoms with Gasteiger partial charge in [-0.25, -0.2) is 12.8 Å². The second kappa shape index (κ2) is 8.93. The van der Waals surface area contributed by atoms with Crippen molar-refractivity contribution in [2.45, 2.75) is 18.9 Å². The van der Waals surface area contributed by atoms with Crippen molar-refractivity contribution in [3.63, 3.8) is 0 Å². The van der Waals surface area contributed by atoms with Gasteiger partial charge in [-0.1, -0.05) is 5.92 Å². The molecule has 1 atom stereocenters. The summed E-state index contributed by atoms with van der Waals surface area (Å²) in [4.78, 5) is 18.5. The van der Waals surface area contributed by atoms with Gasteiger partial charge in [0.25, 0.3) is 0 Å². The lowest BCUT2D eigenvalue weighted by Gasteiger charge is -2.36. The van der Waals surface area contributed by atoms with Gasteiger partial charge in [0.05, 0.1) is 18.1 Å². The summed E-state index contributed by atoms with van der Waals surface area (Å²) in [6, 6.07) is 6.29. The highest BCUT2D eigenvalue weighted by atomic mass is 32.2. The maximum absolute atomic E-state index is 13.1. The van der Waals surface area contributed by atoms with Crippen LogP contribution in [0.5, 0.6) is 0 Å². The van der Waals surface area contributed by atoms with E-state index in [0.29, 0.717) is 52.1 Å². The molecular formula is C20H26FN3O3S. The number of rotatable bonds is 6. The average Bonchev–Trinajstić information content (AvgIpc) is 3.05. The van der Waals surface area contributed by atoms with Crippen LogP contribution in [0, 0.1) is 18.2 Å². The number of anilines is 1. The van der Waals surface area contributed by atoms with Crippen LogP contribution in [0.1, 0.15) is 12.8 Å². The highest BCUT2D eigenvalue weighted by Crippen LogP contribution is 2.19. The fraction of sp³-hybridized carbons (Fsp3) is 0.550. The van der Waals surface area contributed by atoms with Crippen molar-refractivity contribution in [3.05, 3.63) is 30.1 Å². The van der Waals surface area contributed by atoms with Gasteiger partial charge in [-0.05, 0) is 30.7 Å². The zero-order valence-corrected chi connectivity index (χ0v) is 16.7. The number of terminal acetylenes is 1. The lowest BCUT2D eigenvalue weighted by molar-refractivity contribution is -0.131. The molecular weight excluding hydrogens is 381 g/mol. The number of halogens is 1. The molecule has 2 aliphatic rings. The molecule has 6 nitrogen and oxygen atoms in total. The van der Waals surface area contributed by atoms with E-state index in [1.165, 1.54) is 12.1 Å². The number of carbonyl (C=O) groups excluding carboxylic acids is 1. The van der Waals surface area contributed by atoms with Gasteiger partial charge < -0.3 is 9.80 Å². The lowest BCUT2D eigenvalue weighted by Crippen LogP contribution is -2.49. The molecule has 1 aromatic rings. The minimum atomic E-state index is -2.99. The molecule has 0 spiro atoms. The van der Waals surface area contributed by atoms with Gasteiger partial charge in [0, 0.05) is 50.9 Å². The standard InChI is InChI=1S/C20H26FN3O3S/c1-2-9-22(19-8-15-28(26,27)16-19)10-7-20(25)24-13-11-23(12-14-24)18-5-3-17(21)4-6-18/h1,3-6,19H,7-16H2. The molecule has 0 saturated carbocycles. The van der Waals surface area contributed by atoms with Gasteiger partial charge in [-0.3, -0.25) is 9.69 Å². The van der Waals surface area contributed by atoms with E-state index in [4.69, 9.17) is 6.42 Å². The second-order valence-electron chi connectivity index (χ2n) is 7.33. The average molecular weight is 408 g/mol. The number of carbonyl (C=O) groups is 1. The number of hydrogen-bond donors (Lipinski definition) is 0. The molecule has 0 aromatic heterocycles. The SMILES string of the molecule is C#CCN(CCC(=O)N1CCN(c2ccc(F)cc2)CC1)C1CCS(=O)(=O)C1. The molecule has 28 heavy (non-hydrogen) atoms. The predicted molar refractivity (Wildman–Crippen MR) is 107 cm³/mol. The third-order valence-electron chi connectivity index (χ3n) is 5.46. The number of sulfone groups is 1. The van der Waals surface area contributed by atoms with Gasteiger partial charge >= 0.3 is 0 Å². The predicted octanol–water partition coefficient (Wildman–Crippen LogP) is 0.987. The molecule has 2 aliphatic heterocycles.